The summed E-state index contributed by atoms with van der Waals surface area (Å²) in [6, 6.07) is 11.5. The maximum absolute atomic E-state index is 14.7. The fourth-order valence-electron chi connectivity index (χ4n) is 3.43. The van der Waals surface area contributed by atoms with Crippen LogP contribution in [0.15, 0.2) is 45.9 Å². The molecule has 0 amide bonds. The second-order valence-corrected chi connectivity index (χ2v) is 7.63. The minimum absolute atomic E-state index is 0.172. The molecule has 0 unspecified atom stereocenters. The molecule has 138 valence electrons. The molecule has 2 aromatic rings. The molecule has 26 heavy (non-hydrogen) atoms. The predicted molar refractivity (Wildman–Crippen MR) is 108 cm³/mol. The summed E-state index contributed by atoms with van der Waals surface area (Å²) in [5.41, 5.74) is 2.69. The van der Waals surface area contributed by atoms with Crippen molar-refractivity contribution < 1.29 is 9.13 Å². The van der Waals surface area contributed by atoms with Gasteiger partial charge in [0.15, 0.2) is 0 Å². The van der Waals surface area contributed by atoms with Crippen LogP contribution in [0.1, 0.15) is 30.5 Å². The van der Waals surface area contributed by atoms with Crippen LogP contribution in [-0.2, 0) is 12.8 Å². The SMILES string of the molecule is COc1ccc(Br)cc1CCc1c(F)cccc1C1=NCCN1C(C)C. The highest BCUT2D eigenvalue weighted by atomic mass is 79.9. The first-order valence-electron chi connectivity index (χ1n) is 8.92. The van der Waals surface area contributed by atoms with E-state index in [2.05, 4.69) is 39.7 Å². The third kappa shape index (κ3) is 3.93. The summed E-state index contributed by atoms with van der Waals surface area (Å²) in [7, 11) is 1.66. The quantitative estimate of drug-likeness (QED) is 0.669. The van der Waals surface area contributed by atoms with E-state index in [1.807, 2.05) is 24.3 Å². The molecule has 0 bridgehead atoms. The van der Waals surface area contributed by atoms with Crippen LogP contribution in [-0.4, -0.2) is 37.0 Å². The first-order chi connectivity index (χ1) is 12.5. The molecule has 0 radical (unpaired) electrons. The van der Waals surface area contributed by atoms with Gasteiger partial charge in [-0.25, -0.2) is 4.39 Å². The molecule has 0 atom stereocenters. The fourth-order valence-corrected chi connectivity index (χ4v) is 3.84. The van der Waals surface area contributed by atoms with Gasteiger partial charge < -0.3 is 9.64 Å². The molecule has 0 spiro atoms. The van der Waals surface area contributed by atoms with E-state index in [0.29, 0.717) is 18.9 Å². The lowest BCUT2D eigenvalue weighted by Crippen LogP contribution is -2.35. The Labute approximate surface area is 163 Å². The monoisotopic (exact) mass is 418 g/mol. The fraction of sp³-hybridized carbons (Fsp3) is 0.381. The largest absolute Gasteiger partial charge is 0.496 e. The normalized spacial score (nSPS) is 14.1. The number of amidine groups is 1. The van der Waals surface area contributed by atoms with Crippen molar-refractivity contribution in [1.29, 1.82) is 0 Å². The van der Waals surface area contributed by atoms with Gasteiger partial charge >= 0.3 is 0 Å². The molecule has 0 aliphatic carbocycles. The molecule has 5 heteroatoms. The topological polar surface area (TPSA) is 24.8 Å². The molecule has 1 heterocycles. The van der Waals surface area contributed by atoms with E-state index in [-0.39, 0.29) is 5.82 Å². The molecule has 0 N–H and O–H groups in total. The van der Waals surface area contributed by atoms with Crippen LogP contribution in [0, 0.1) is 5.82 Å². The van der Waals surface area contributed by atoms with Gasteiger partial charge in [-0.05, 0) is 62.1 Å². The van der Waals surface area contributed by atoms with Crippen molar-refractivity contribution in [2.75, 3.05) is 20.2 Å². The second-order valence-electron chi connectivity index (χ2n) is 6.71. The highest BCUT2D eigenvalue weighted by Gasteiger charge is 2.24. The van der Waals surface area contributed by atoms with E-state index >= 15 is 0 Å². The number of nitrogens with zero attached hydrogens (tertiary/aromatic N) is 2. The van der Waals surface area contributed by atoms with Gasteiger partial charge in [0.05, 0.1) is 13.7 Å². The summed E-state index contributed by atoms with van der Waals surface area (Å²) < 4.78 is 21.1. The van der Waals surface area contributed by atoms with Crippen LogP contribution in [0.2, 0.25) is 0 Å². The van der Waals surface area contributed by atoms with Crippen molar-refractivity contribution in [3.63, 3.8) is 0 Å². The highest BCUT2D eigenvalue weighted by Crippen LogP contribution is 2.27. The number of rotatable bonds is 6. The van der Waals surface area contributed by atoms with Crippen LogP contribution in [0.3, 0.4) is 0 Å². The van der Waals surface area contributed by atoms with Gasteiger partial charge in [-0.15, -0.1) is 0 Å². The van der Waals surface area contributed by atoms with Crippen molar-refractivity contribution in [3.8, 4) is 5.75 Å². The molecule has 0 saturated carbocycles. The number of halogens is 2. The molecule has 3 rings (SSSR count). The van der Waals surface area contributed by atoms with Crippen LogP contribution in [0.4, 0.5) is 4.39 Å². The van der Waals surface area contributed by atoms with E-state index in [0.717, 1.165) is 45.8 Å². The Bertz CT molecular complexity index is 820. The number of ether oxygens (including phenoxy) is 1. The maximum atomic E-state index is 14.7. The summed E-state index contributed by atoms with van der Waals surface area (Å²) >= 11 is 3.50. The zero-order chi connectivity index (χ0) is 18.7. The summed E-state index contributed by atoms with van der Waals surface area (Å²) in [5.74, 6) is 1.57. The highest BCUT2D eigenvalue weighted by molar-refractivity contribution is 9.10. The number of benzene rings is 2. The Hall–Kier alpha value is -1.88. The summed E-state index contributed by atoms with van der Waals surface area (Å²) in [6.07, 6.45) is 1.30. The summed E-state index contributed by atoms with van der Waals surface area (Å²) in [5, 5.41) is 0. The number of hydrogen-bond donors (Lipinski definition) is 0. The summed E-state index contributed by atoms with van der Waals surface area (Å²) in [6.45, 7) is 5.95. The average Bonchev–Trinajstić information content (AvgIpc) is 3.10. The minimum atomic E-state index is -0.172. The van der Waals surface area contributed by atoms with E-state index in [9.17, 15) is 4.39 Å². The molecular weight excluding hydrogens is 395 g/mol. The first-order valence-corrected chi connectivity index (χ1v) is 9.72. The molecule has 2 aromatic carbocycles. The third-order valence-corrected chi connectivity index (χ3v) is 5.24. The lowest BCUT2D eigenvalue weighted by molar-refractivity contribution is 0.381. The molecular formula is C21H24BrFN2O. The van der Waals surface area contributed by atoms with E-state index < -0.39 is 0 Å². The number of hydrogen-bond acceptors (Lipinski definition) is 3. The van der Waals surface area contributed by atoms with E-state index in [1.165, 1.54) is 6.07 Å². The standard InChI is InChI=1S/C21H24BrFN2O/c1-14(2)25-12-11-24-21(25)18-5-4-6-19(23)17(18)9-7-15-13-16(22)8-10-20(15)26-3/h4-6,8,10,13-14H,7,9,11-12H2,1-3H3. The van der Waals surface area contributed by atoms with Gasteiger partial charge in [0.1, 0.15) is 17.4 Å². The number of methoxy groups -OCH3 is 1. The second kappa shape index (κ2) is 8.21. The Balaban J connectivity index is 1.91. The molecule has 1 aliphatic rings. The zero-order valence-electron chi connectivity index (χ0n) is 15.4. The minimum Gasteiger partial charge on any atom is -0.496 e. The van der Waals surface area contributed by atoms with Crippen molar-refractivity contribution >= 4 is 21.8 Å². The van der Waals surface area contributed by atoms with Gasteiger partial charge in [0, 0.05) is 22.6 Å². The van der Waals surface area contributed by atoms with Crippen molar-refractivity contribution in [3.05, 3.63) is 63.4 Å². The molecule has 0 aromatic heterocycles. The average molecular weight is 419 g/mol. The Morgan fingerprint density at radius 3 is 2.77 bits per heavy atom. The smallest absolute Gasteiger partial charge is 0.131 e. The Morgan fingerprint density at radius 2 is 2.04 bits per heavy atom. The molecule has 0 saturated heterocycles. The van der Waals surface area contributed by atoms with Gasteiger partial charge in [-0.3, -0.25) is 4.99 Å². The van der Waals surface area contributed by atoms with Crippen molar-refractivity contribution in [2.24, 2.45) is 4.99 Å². The number of aliphatic imine (C=N–C) groups is 1. The lowest BCUT2D eigenvalue weighted by atomic mass is 9.97. The molecule has 1 aliphatic heterocycles. The Kier molecular flexibility index (Phi) is 5.97. The van der Waals surface area contributed by atoms with Gasteiger partial charge in [0.2, 0.25) is 0 Å². The van der Waals surface area contributed by atoms with Gasteiger partial charge in [-0.2, -0.15) is 0 Å². The summed E-state index contributed by atoms with van der Waals surface area (Å²) in [4.78, 5) is 6.90. The number of aryl methyl sites for hydroxylation is 1. The maximum Gasteiger partial charge on any atom is 0.131 e. The first kappa shape index (κ1) is 18.9. The van der Waals surface area contributed by atoms with Crippen molar-refractivity contribution in [2.45, 2.75) is 32.7 Å². The van der Waals surface area contributed by atoms with Crippen LogP contribution < -0.4 is 4.74 Å². The molecule has 0 fully saturated rings. The predicted octanol–water partition coefficient (Wildman–Crippen LogP) is 4.85. The Morgan fingerprint density at radius 1 is 1.23 bits per heavy atom. The lowest BCUT2D eigenvalue weighted by Gasteiger charge is -2.26. The van der Waals surface area contributed by atoms with Gasteiger partial charge in [-0.1, -0.05) is 28.1 Å². The zero-order valence-corrected chi connectivity index (χ0v) is 17.0. The van der Waals surface area contributed by atoms with Crippen LogP contribution in [0.25, 0.3) is 0 Å². The van der Waals surface area contributed by atoms with Crippen LogP contribution >= 0.6 is 15.9 Å². The van der Waals surface area contributed by atoms with Crippen LogP contribution in [0.5, 0.6) is 5.75 Å². The van der Waals surface area contributed by atoms with Gasteiger partial charge in [0.25, 0.3) is 0 Å². The van der Waals surface area contributed by atoms with E-state index in [4.69, 9.17) is 4.74 Å². The molecule has 3 nitrogen and oxygen atoms in total. The van der Waals surface area contributed by atoms with E-state index in [1.54, 1.807) is 13.2 Å². The van der Waals surface area contributed by atoms with Crippen molar-refractivity contribution in [1.82, 2.24) is 4.90 Å². The third-order valence-electron chi connectivity index (χ3n) is 4.74.